The van der Waals surface area contributed by atoms with Crippen LogP contribution in [-0.2, 0) is 0 Å². The number of nitrogen functional groups attached to an aromatic ring is 1. The molecule has 0 radical (unpaired) electrons. The molecule has 1 aromatic carbocycles. The summed E-state index contributed by atoms with van der Waals surface area (Å²) in [5.74, 6) is 1.44. The van der Waals surface area contributed by atoms with Crippen LogP contribution >= 0.6 is 11.3 Å². The monoisotopic (exact) mass is 220 g/mol. The van der Waals surface area contributed by atoms with Crippen LogP contribution in [0.2, 0.25) is 0 Å². The first kappa shape index (κ1) is 9.98. The van der Waals surface area contributed by atoms with Crippen LogP contribution in [0.25, 0.3) is 10.6 Å². The Hall–Kier alpha value is -1.55. The van der Waals surface area contributed by atoms with Gasteiger partial charge in [-0.25, -0.2) is 4.98 Å². The van der Waals surface area contributed by atoms with Gasteiger partial charge in [-0.3, -0.25) is 0 Å². The lowest BCUT2D eigenvalue weighted by Crippen LogP contribution is -1.86. The average Bonchev–Trinajstić information content (AvgIpc) is 2.59. The molecule has 0 aliphatic carbocycles. The molecule has 0 saturated carbocycles. The maximum Gasteiger partial charge on any atom is 0.138 e. The smallest absolute Gasteiger partial charge is 0.138 e. The number of nitrogens with zero attached hydrogens (tertiary/aromatic N) is 1. The number of thiazole rings is 1. The Morgan fingerprint density at radius 2 is 2.20 bits per heavy atom. The number of methoxy groups -OCH3 is 1. The summed E-state index contributed by atoms with van der Waals surface area (Å²) in [5.41, 5.74) is 6.76. The molecular weight excluding hydrogens is 208 g/mol. The van der Waals surface area contributed by atoms with Crippen molar-refractivity contribution in [3.8, 4) is 16.3 Å². The van der Waals surface area contributed by atoms with Gasteiger partial charge in [0, 0.05) is 10.4 Å². The Kier molecular flexibility index (Phi) is 2.60. The highest BCUT2D eigenvalue weighted by Gasteiger charge is 2.07. The quantitative estimate of drug-likeness (QED) is 0.846. The lowest BCUT2D eigenvalue weighted by atomic mass is 10.2. The maximum absolute atomic E-state index is 5.72. The highest BCUT2D eigenvalue weighted by atomic mass is 32.1. The Balaban J connectivity index is 2.44. The van der Waals surface area contributed by atoms with Gasteiger partial charge in [0.25, 0.3) is 0 Å². The van der Waals surface area contributed by atoms with Gasteiger partial charge in [-0.1, -0.05) is 12.1 Å². The number of anilines is 1. The first-order valence-electron chi connectivity index (χ1n) is 4.58. The zero-order chi connectivity index (χ0) is 10.8. The van der Waals surface area contributed by atoms with Crippen LogP contribution < -0.4 is 10.5 Å². The van der Waals surface area contributed by atoms with Crippen molar-refractivity contribution in [3.05, 3.63) is 29.1 Å². The van der Waals surface area contributed by atoms with E-state index in [-0.39, 0.29) is 0 Å². The Labute approximate surface area is 92.5 Å². The Morgan fingerprint density at radius 1 is 1.40 bits per heavy atom. The first-order valence-corrected chi connectivity index (χ1v) is 5.39. The maximum atomic E-state index is 5.72. The van der Waals surface area contributed by atoms with E-state index < -0.39 is 0 Å². The van der Waals surface area contributed by atoms with Crippen molar-refractivity contribution in [1.29, 1.82) is 0 Å². The van der Waals surface area contributed by atoms with Crippen molar-refractivity contribution in [1.82, 2.24) is 4.98 Å². The molecule has 4 heteroatoms. The molecule has 0 fully saturated rings. The van der Waals surface area contributed by atoms with E-state index in [1.54, 1.807) is 18.4 Å². The molecular formula is C11H12N2OS. The molecule has 0 saturated heterocycles. The summed E-state index contributed by atoms with van der Waals surface area (Å²) in [6, 6.07) is 7.81. The average molecular weight is 220 g/mol. The number of ether oxygens (including phenoxy) is 1. The third-order valence-corrected chi connectivity index (χ3v) is 3.18. The number of benzene rings is 1. The molecule has 0 aliphatic heterocycles. The van der Waals surface area contributed by atoms with Gasteiger partial charge in [-0.2, -0.15) is 0 Å². The molecule has 0 spiro atoms. The van der Waals surface area contributed by atoms with Gasteiger partial charge >= 0.3 is 0 Å². The minimum Gasteiger partial charge on any atom is -0.497 e. The second-order valence-electron chi connectivity index (χ2n) is 3.19. The standard InChI is InChI=1S/C11H12N2OS/c1-7-10(12)13-11(15-7)8-4-3-5-9(6-8)14-2/h3-6H,12H2,1-2H3. The molecule has 0 amide bonds. The highest BCUT2D eigenvalue weighted by molar-refractivity contribution is 7.15. The number of rotatable bonds is 2. The van der Waals surface area contributed by atoms with Crippen molar-refractivity contribution in [2.75, 3.05) is 12.8 Å². The van der Waals surface area contributed by atoms with E-state index >= 15 is 0 Å². The summed E-state index contributed by atoms with van der Waals surface area (Å²) in [6.45, 7) is 1.97. The molecule has 0 unspecified atom stereocenters. The summed E-state index contributed by atoms with van der Waals surface area (Å²) in [6.07, 6.45) is 0. The highest BCUT2D eigenvalue weighted by Crippen LogP contribution is 2.30. The van der Waals surface area contributed by atoms with E-state index in [0.717, 1.165) is 21.2 Å². The predicted molar refractivity (Wildman–Crippen MR) is 63.3 cm³/mol. The van der Waals surface area contributed by atoms with E-state index in [1.807, 2.05) is 31.2 Å². The van der Waals surface area contributed by atoms with Gasteiger partial charge in [0.15, 0.2) is 0 Å². The van der Waals surface area contributed by atoms with Crippen molar-refractivity contribution < 1.29 is 4.74 Å². The largest absolute Gasteiger partial charge is 0.497 e. The van der Waals surface area contributed by atoms with Crippen molar-refractivity contribution in [2.45, 2.75) is 6.92 Å². The van der Waals surface area contributed by atoms with Crippen LogP contribution in [0.15, 0.2) is 24.3 Å². The zero-order valence-corrected chi connectivity index (χ0v) is 9.47. The second kappa shape index (κ2) is 3.90. The fraction of sp³-hybridized carbons (Fsp3) is 0.182. The molecule has 1 heterocycles. The molecule has 0 bridgehead atoms. The van der Waals surface area contributed by atoms with Crippen LogP contribution in [-0.4, -0.2) is 12.1 Å². The van der Waals surface area contributed by atoms with Crippen LogP contribution in [0.3, 0.4) is 0 Å². The van der Waals surface area contributed by atoms with Gasteiger partial charge in [0.05, 0.1) is 7.11 Å². The van der Waals surface area contributed by atoms with E-state index in [2.05, 4.69) is 4.98 Å². The first-order chi connectivity index (χ1) is 7.20. The summed E-state index contributed by atoms with van der Waals surface area (Å²) in [4.78, 5) is 5.35. The molecule has 0 atom stereocenters. The molecule has 15 heavy (non-hydrogen) atoms. The second-order valence-corrected chi connectivity index (χ2v) is 4.40. The van der Waals surface area contributed by atoms with Crippen LogP contribution in [0.1, 0.15) is 4.88 Å². The molecule has 2 N–H and O–H groups in total. The molecule has 2 aromatic rings. The lowest BCUT2D eigenvalue weighted by Gasteiger charge is -2.00. The molecule has 2 rings (SSSR count). The van der Waals surface area contributed by atoms with Crippen LogP contribution in [0.5, 0.6) is 5.75 Å². The van der Waals surface area contributed by atoms with Gasteiger partial charge in [-0.05, 0) is 19.1 Å². The summed E-state index contributed by atoms with van der Waals surface area (Å²) < 4.78 is 5.16. The van der Waals surface area contributed by atoms with E-state index in [0.29, 0.717) is 5.82 Å². The Bertz CT molecular complexity index is 460. The third kappa shape index (κ3) is 1.94. The van der Waals surface area contributed by atoms with Crippen molar-refractivity contribution in [2.24, 2.45) is 0 Å². The normalized spacial score (nSPS) is 10.3. The van der Waals surface area contributed by atoms with Gasteiger partial charge < -0.3 is 10.5 Å². The fourth-order valence-corrected chi connectivity index (χ4v) is 2.12. The minimum absolute atomic E-state index is 0.609. The number of hydrogen-bond donors (Lipinski definition) is 1. The Morgan fingerprint density at radius 3 is 2.80 bits per heavy atom. The van der Waals surface area contributed by atoms with Crippen LogP contribution in [0, 0.1) is 6.92 Å². The van der Waals surface area contributed by atoms with Gasteiger partial charge in [0.1, 0.15) is 16.6 Å². The zero-order valence-electron chi connectivity index (χ0n) is 8.65. The van der Waals surface area contributed by atoms with Crippen LogP contribution in [0.4, 0.5) is 5.82 Å². The van der Waals surface area contributed by atoms with Gasteiger partial charge in [-0.15, -0.1) is 11.3 Å². The predicted octanol–water partition coefficient (Wildman–Crippen LogP) is 2.71. The SMILES string of the molecule is COc1cccc(-c2nc(N)c(C)s2)c1. The van der Waals surface area contributed by atoms with Crippen molar-refractivity contribution >= 4 is 17.2 Å². The summed E-state index contributed by atoms with van der Waals surface area (Å²) in [7, 11) is 1.65. The number of aryl methyl sites for hydroxylation is 1. The lowest BCUT2D eigenvalue weighted by molar-refractivity contribution is 0.415. The van der Waals surface area contributed by atoms with E-state index in [1.165, 1.54) is 0 Å². The molecule has 78 valence electrons. The van der Waals surface area contributed by atoms with Crippen molar-refractivity contribution in [3.63, 3.8) is 0 Å². The minimum atomic E-state index is 0.609. The summed E-state index contributed by atoms with van der Waals surface area (Å²) in [5, 5.41) is 0.934. The van der Waals surface area contributed by atoms with E-state index in [9.17, 15) is 0 Å². The molecule has 1 aromatic heterocycles. The number of aromatic nitrogens is 1. The number of hydrogen-bond acceptors (Lipinski definition) is 4. The summed E-state index contributed by atoms with van der Waals surface area (Å²) >= 11 is 1.59. The number of nitrogens with two attached hydrogens (primary N) is 1. The third-order valence-electron chi connectivity index (χ3n) is 2.15. The topological polar surface area (TPSA) is 48.1 Å². The molecule has 3 nitrogen and oxygen atoms in total. The van der Waals surface area contributed by atoms with E-state index in [4.69, 9.17) is 10.5 Å². The fourth-order valence-electron chi connectivity index (χ4n) is 1.29. The molecule has 0 aliphatic rings. The van der Waals surface area contributed by atoms with Gasteiger partial charge in [0.2, 0.25) is 0 Å².